The summed E-state index contributed by atoms with van der Waals surface area (Å²) in [6.45, 7) is 13.7. The molecule has 3 rings (SSSR count). The number of aliphatic hydroxyl groups is 1. The summed E-state index contributed by atoms with van der Waals surface area (Å²) in [4.78, 5) is 30.2. The van der Waals surface area contributed by atoms with E-state index >= 15 is 0 Å². The molecule has 1 unspecified atom stereocenters. The molecule has 1 aliphatic rings. The highest BCUT2D eigenvalue weighted by atomic mass is 16.5. The number of aliphatic hydroxyl groups excluding tert-OH is 1. The van der Waals surface area contributed by atoms with Gasteiger partial charge in [0.15, 0.2) is 0 Å². The van der Waals surface area contributed by atoms with Gasteiger partial charge in [0.05, 0.1) is 18.2 Å². The number of benzene rings is 2. The Morgan fingerprint density at radius 2 is 1.61 bits per heavy atom. The van der Waals surface area contributed by atoms with E-state index < -0.39 is 17.7 Å². The van der Waals surface area contributed by atoms with Crippen LogP contribution in [0.1, 0.15) is 44.4 Å². The van der Waals surface area contributed by atoms with Crippen LogP contribution in [0.3, 0.4) is 0 Å². The molecule has 0 radical (unpaired) electrons. The highest BCUT2D eigenvalue weighted by Gasteiger charge is 2.45. The van der Waals surface area contributed by atoms with Gasteiger partial charge in [0.25, 0.3) is 11.7 Å². The summed E-state index contributed by atoms with van der Waals surface area (Å²) < 4.78 is 11.1. The lowest BCUT2D eigenvalue weighted by molar-refractivity contribution is -0.140. The second-order valence-electron chi connectivity index (χ2n) is 8.50. The number of amides is 1. The zero-order chi connectivity index (χ0) is 26.1. The molecule has 2 aromatic rings. The van der Waals surface area contributed by atoms with Crippen LogP contribution >= 0.6 is 0 Å². The fraction of sp³-hybridized carbons (Fsp3) is 0.379. The molecule has 7 nitrogen and oxygen atoms in total. The van der Waals surface area contributed by atoms with Crippen LogP contribution in [0.15, 0.2) is 66.8 Å². The molecule has 0 saturated carbocycles. The lowest BCUT2D eigenvalue weighted by atomic mass is 9.95. The second-order valence-corrected chi connectivity index (χ2v) is 8.50. The molecule has 0 bridgehead atoms. The summed E-state index contributed by atoms with van der Waals surface area (Å²) in [5, 5.41) is 11.2. The molecule has 1 amide bonds. The molecule has 0 aliphatic carbocycles. The molecule has 1 N–H and O–H groups in total. The first-order valence-electron chi connectivity index (χ1n) is 12.5. The number of rotatable bonds is 13. The predicted octanol–water partition coefficient (Wildman–Crippen LogP) is 4.80. The number of likely N-dealkylation sites (tertiary alicyclic amines) is 1. The summed E-state index contributed by atoms with van der Waals surface area (Å²) in [5.41, 5.74) is 1.28. The first-order valence-corrected chi connectivity index (χ1v) is 12.5. The van der Waals surface area contributed by atoms with Gasteiger partial charge in [-0.2, -0.15) is 0 Å². The highest BCUT2D eigenvalue weighted by molar-refractivity contribution is 6.46. The Balaban J connectivity index is 1.99. The Labute approximate surface area is 213 Å². The molecule has 36 heavy (non-hydrogen) atoms. The smallest absolute Gasteiger partial charge is 0.295 e. The van der Waals surface area contributed by atoms with E-state index in [9.17, 15) is 14.7 Å². The standard InChI is InChI=1S/C29H36N2O5/c1-5-20-36-24-14-10-21(11-15-24)26-25(27(32)22-12-16-23(17-13-22)35-8-4)28(33)29(34)31(26)19-9-18-30(6-2)7-3/h5,10-17,26,32H,1,6-9,18-20H2,2-4H3/b27-25+. The van der Waals surface area contributed by atoms with Crippen molar-refractivity contribution in [3.8, 4) is 11.5 Å². The number of nitrogens with zero attached hydrogens (tertiary/aromatic N) is 2. The molecular formula is C29H36N2O5. The summed E-state index contributed by atoms with van der Waals surface area (Å²) in [6, 6.07) is 13.4. The van der Waals surface area contributed by atoms with Gasteiger partial charge in [0.1, 0.15) is 23.9 Å². The number of ketones is 1. The highest BCUT2D eigenvalue weighted by Crippen LogP contribution is 2.40. The van der Waals surface area contributed by atoms with E-state index in [2.05, 4.69) is 25.3 Å². The topological polar surface area (TPSA) is 79.3 Å². The van der Waals surface area contributed by atoms with E-state index in [1.54, 1.807) is 47.4 Å². The molecule has 1 heterocycles. The Morgan fingerprint density at radius 1 is 1.00 bits per heavy atom. The number of carbonyl (C=O) groups is 2. The average molecular weight is 493 g/mol. The van der Waals surface area contributed by atoms with Gasteiger partial charge in [-0.05, 0) is 74.9 Å². The third kappa shape index (κ3) is 6.15. The number of hydrogen-bond donors (Lipinski definition) is 1. The van der Waals surface area contributed by atoms with Gasteiger partial charge in [-0.3, -0.25) is 9.59 Å². The van der Waals surface area contributed by atoms with E-state index in [4.69, 9.17) is 9.47 Å². The van der Waals surface area contributed by atoms with Crippen LogP contribution in [-0.4, -0.2) is 66.0 Å². The molecule has 192 valence electrons. The first-order chi connectivity index (χ1) is 17.4. The van der Waals surface area contributed by atoms with Gasteiger partial charge >= 0.3 is 0 Å². The van der Waals surface area contributed by atoms with Crippen LogP contribution in [0, 0.1) is 0 Å². The van der Waals surface area contributed by atoms with Crippen molar-refractivity contribution in [2.24, 2.45) is 0 Å². The SMILES string of the molecule is C=CCOc1ccc(C2/C(=C(\O)c3ccc(OCC)cc3)C(=O)C(=O)N2CCCN(CC)CC)cc1. The number of Topliss-reactive ketones (excluding diaryl/α,β-unsaturated/α-hetero) is 1. The minimum absolute atomic E-state index is 0.0896. The molecule has 2 aromatic carbocycles. The van der Waals surface area contributed by atoms with Crippen molar-refractivity contribution < 1.29 is 24.2 Å². The van der Waals surface area contributed by atoms with Gasteiger partial charge in [-0.1, -0.05) is 38.6 Å². The summed E-state index contributed by atoms with van der Waals surface area (Å²) in [6.07, 6.45) is 2.38. The van der Waals surface area contributed by atoms with Gasteiger partial charge < -0.3 is 24.4 Å². The lowest BCUT2D eigenvalue weighted by Gasteiger charge is -2.27. The third-order valence-corrected chi connectivity index (χ3v) is 6.31. The fourth-order valence-corrected chi connectivity index (χ4v) is 4.39. The van der Waals surface area contributed by atoms with Crippen LogP contribution in [0.5, 0.6) is 11.5 Å². The van der Waals surface area contributed by atoms with Crippen molar-refractivity contribution in [3.63, 3.8) is 0 Å². The molecule has 7 heteroatoms. The molecular weight excluding hydrogens is 456 g/mol. The van der Waals surface area contributed by atoms with Crippen LogP contribution in [0.2, 0.25) is 0 Å². The largest absolute Gasteiger partial charge is 0.507 e. The van der Waals surface area contributed by atoms with Crippen LogP contribution in [-0.2, 0) is 9.59 Å². The van der Waals surface area contributed by atoms with Gasteiger partial charge in [0.2, 0.25) is 0 Å². The lowest BCUT2D eigenvalue weighted by Crippen LogP contribution is -2.33. The van der Waals surface area contributed by atoms with E-state index in [0.717, 1.165) is 31.6 Å². The number of carbonyl (C=O) groups excluding carboxylic acids is 2. The van der Waals surface area contributed by atoms with Crippen molar-refractivity contribution in [1.82, 2.24) is 9.80 Å². The van der Waals surface area contributed by atoms with Crippen molar-refractivity contribution in [2.45, 2.75) is 33.2 Å². The monoisotopic (exact) mass is 492 g/mol. The number of ether oxygens (including phenoxy) is 2. The van der Waals surface area contributed by atoms with E-state index in [1.807, 2.05) is 19.1 Å². The number of hydrogen-bond acceptors (Lipinski definition) is 6. The Hall–Kier alpha value is -3.58. The molecule has 1 aliphatic heterocycles. The van der Waals surface area contributed by atoms with E-state index in [0.29, 0.717) is 36.8 Å². The quantitative estimate of drug-likeness (QED) is 0.187. The maximum absolute atomic E-state index is 13.2. The van der Waals surface area contributed by atoms with Crippen molar-refractivity contribution in [3.05, 3.63) is 77.9 Å². The maximum atomic E-state index is 13.2. The van der Waals surface area contributed by atoms with Crippen molar-refractivity contribution in [1.29, 1.82) is 0 Å². The maximum Gasteiger partial charge on any atom is 0.295 e. The molecule has 0 aromatic heterocycles. The summed E-state index contributed by atoms with van der Waals surface area (Å²) in [7, 11) is 0. The van der Waals surface area contributed by atoms with E-state index in [-0.39, 0.29) is 11.3 Å². The zero-order valence-corrected chi connectivity index (χ0v) is 21.4. The Bertz CT molecular complexity index is 1070. The third-order valence-electron chi connectivity index (χ3n) is 6.31. The zero-order valence-electron chi connectivity index (χ0n) is 21.4. The van der Waals surface area contributed by atoms with E-state index in [1.165, 1.54) is 0 Å². The van der Waals surface area contributed by atoms with Crippen molar-refractivity contribution >= 4 is 17.4 Å². The Kier molecular flexibility index (Phi) is 9.70. The average Bonchev–Trinajstić information content (AvgIpc) is 3.15. The molecule has 1 fully saturated rings. The summed E-state index contributed by atoms with van der Waals surface area (Å²) in [5.74, 6) is -0.152. The molecule has 1 saturated heterocycles. The Morgan fingerprint density at radius 3 is 2.19 bits per heavy atom. The molecule has 1 atom stereocenters. The van der Waals surface area contributed by atoms with Crippen LogP contribution in [0.4, 0.5) is 0 Å². The fourth-order valence-electron chi connectivity index (χ4n) is 4.39. The minimum Gasteiger partial charge on any atom is -0.507 e. The van der Waals surface area contributed by atoms with Gasteiger partial charge in [-0.15, -0.1) is 0 Å². The second kappa shape index (κ2) is 12.9. The molecule has 0 spiro atoms. The predicted molar refractivity (Wildman–Crippen MR) is 141 cm³/mol. The minimum atomic E-state index is -0.693. The van der Waals surface area contributed by atoms with Crippen LogP contribution in [0.25, 0.3) is 5.76 Å². The normalized spacial score (nSPS) is 17.0. The first kappa shape index (κ1) is 27.0. The van der Waals surface area contributed by atoms with Crippen LogP contribution < -0.4 is 9.47 Å². The van der Waals surface area contributed by atoms with Gasteiger partial charge in [0, 0.05) is 12.1 Å². The van der Waals surface area contributed by atoms with Gasteiger partial charge in [-0.25, -0.2) is 0 Å². The summed E-state index contributed by atoms with van der Waals surface area (Å²) >= 11 is 0. The van der Waals surface area contributed by atoms with Crippen molar-refractivity contribution in [2.75, 3.05) is 39.4 Å².